The summed E-state index contributed by atoms with van der Waals surface area (Å²) in [5.41, 5.74) is -1.31. The van der Waals surface area contributed by atoms with Crippen LogP contribution in [0.15, 0.2) is 0 Å². The fourth-order valence-corrected chi connectivity index (χ4v) is 3.36. The molecule has 2 aliphatic rings. The lowest BCUT2D eigenvalue weighted by molar-refractivity contribution is -0.128. The summed E-state index contributed by atoms with van der Waals surface area (Å²) in [5, 5.41) is 0. The Balaban J connectivity index is 2.43. The zero-order valence-corrected chi connectivity index (χ0v) is 14.7. The van der Waals surface area contributed by atoms with Crippen molar-refractivity contribution in [2.75, 3.05) is 0 Å². The number of amides is 4. The van der Waals surface area contributed by atoms with Gasteiger partial charge < -0.3 is 9.47 Å². The molecule has 2 heterocycles. The maximum Gasteiger partial charge on any atom is 0.418 e. The molecule has 0 aliphatic carbocycles. The lowest BCUT2D eigenvalue weighted by Gasteiger charge is -2.30. The van der Waals surface area contributed by atoms with E-state index >= 15 is 0 Å². The molecule has 0 aromatic carbocycles. The summed E-state index contributed by atoms with van der Waals surface area (Å²) in [6, 6.07) is -1.30. The first-order chi connectivity index (χ1) is 10.5. The lowest BCUT2D eigenvalue weighted by Crippen LogP contribution is -2.54. The molecule has 0 aromatic rings. The van der Waals surface area contributed by atoms with Gasteiger partial charge in [-0.05, 0) is 0 Å². The third-order valence-corrected chi connectivity index (χ3v) is 4.41. The fraction of sp³-hybridized carbons (Fsp3) is 0.636. The number of hydrogen-bond acceptors (Lipinski definition) is 6. The van der Waals surface area contributed by atoms with E-state index in [9.17, 15) is 19.2 Å². The molecule has 4 atom stereocenters. The van der Waals surface area contributed by atoms with Gasteiger partial charge in [-0.15, -0.1) is 0 Å². The SMILES string of the molecule is CC(=O)N1C(=O)OC(C2C(C(Cl)(Cl)Cl)OC(=O)N2C(C)=O)C1Cl. The van der Waals surface area contributed by atoms with Gasteiger partial charge in [-0.3, -0.25) is 9.59 Å². The normalized spacial score (nSPS) is 31.2. The largest absolute Gasteiger partial charge is 0.440 e. The fourth-order valence-electron chi connectivity index (χ4n) is 2.42. The first kappa shape index (κ1) is 18.4. The number of alkyl halides is 4. The van der Waals surface area contributed by atoms with Crippen LogP contribution in [0.25, 0.3) is 0 Å². The van der Waals surface area contributed by atoms with Crippen molar-refractivity contribution in [1.82, 2.24) is 9.80 Å². The minimum atomic E-state index is -2.11. The number of ether oxygens (including phenoxy) is 2. The van der Waals surface area contributed by atoms with E-state index in [2.05, 4.69) is 0 Å². The molecule has 2 saturated heterocycles. The number of rotatable bonds is 1. The quantitative estimate of drug-likeness (QED) is 0.487. The van der Waals surface area contributed by atoms with Gasteiger partial charge in [0, 0.05) is 13.8 Å². The number of carbonyl (C=O) groups is 4. The van der Waals surface area contributed by atoms with Crippen LogP contribution in [0.2, 0.25) is 0 Å². The first-order valence-electron chi connectivity index (χ1n) is 6.18. The summed E-state index contributed by atoms with van der Waals surface area (Å²) in [4.78, 5) is 48.1. The van der Waals surface area contributed by atoms with Gasteiger partial charge in [0.2, 0.25) is 15.6 Å². The van der Waals surface area contributed by atoms with Crippen LogP contribution in [0, 0.1) is 0 Å². The molecule has 0 bridgehead atoms. The molecule has 128 valence electrons. The Morgan fingerprint density at radius 2 is 1.48 bits per heavy atom. The second kappa shape index (κ2) is 6.16. The predicted octanol–water partition coefficient (Wildman–Crippen LogP) is 2.02. The Hall–Kier alpha value is -0.960. The molecule has 2 rings (SSSR count). The number of imide groups is 2. The maximum absolute atomic E-state index is 11.9. The van der Waals surface area contributed by atoms with Crippen molar-refractivity contribution in [2.45, 2.75) is 41.4 Å². The summed E-state index contributed by atoms with van der Waals surface area (Å²) in [6.45, 7) is 2.18. The average molecular weight is 408 g/mol. The summed E-state index contributed by atoms with van der Waals surface area (Å²) in [6.07, 6.45) is -4.85. The van der Waals surface area contributed by atoms with Crippen LogP contribution in [0.1, 0.15) is 13.8 Å². The molecule has 2 aliphatic heterocycles. The van der Waals surface area contributed by atoms with Gasteiger partial charge in [0.15, 0.2) is 17.7 Å². The van der Waals surface area contributed by atoms with Gasteiger partial charge in [0.1, 0.15) is 6.04 Å². The zero-order valence-electron chi connectivity index (χ0n) is 11.7. The Labute approximate surface area is 150 Å². The van der Waals surface area contributed by atoms with Crippen LogP contribution in [0.4, 0.5) is 9.59 Å². The summed E-state index contributed by atoms with van der Waals surface area (Å²) < 4.78 is 7.82. The number of carbonyl (C=O) groups excluding carboxylic acids is 4. The molecule has 0 aromatic heterocycles. The van der Waals surface area contributed by atoms with E-state index < -0.39 is 51.5 Å². The number of halogens is 4. The molecule has 4 amide bonds. The second-order valence-corrected chi connectivity index (χ2v) is 7.65. The van der Waals surface area contributed by atoms with Gasteiger partial charge in [0.05, 0.1) is 0 Å². The average Bonchev–Trinajstić information content (AvgIpc) is 2.85. The zero-order chi connectivity index (χ0) is 17.7. The monoisotopic (exact) mass is 406 g/mol. The van der Waals surface area contributed by atoms with Crippen LogP contribution in [0.5, 0.6) is 0 Å². The second-order valence-electron chi connectivity index (χ2n) is 4.84. The lowest BCUT2D eigenvalue weighted by atomic mass is 10.0. The molecule has 23 heavy (non-hydrogen) atoms. The van der Waals surface area contributed by atoms with E-state index in [4.69, 9.17) is 55.9 Å². The van der Waals surface area contributed by atoms with Crippen LogP contribution in [0.3, 0.4) is 0 Å². The van der Waals surface area contributed by atoms with Crippen molar-refractivity contribution < 1.29 is 28.7 Å². The van der Waals surface area contributed by atoms with E-state index in [1.165, 1.54) is 0 Å². The maximum atomic E-state index is 11.9. The summed E-state index contributed by atoms with van der Waals surface area (Å²) in [7, 11) is 0. The van der Waals surface area contributed by atoms with E-state index in [1.807, 2.05) is 0 Å². The highest BCUT2D eigenvalue weighted by atomic mass is 35.6. The third-order valence-electron chi connectivity index (χ3n) is 3.32. The smallest absolute Gasteiger partial charge is 0.418 e. The third kappa shape index (κ3) is 3.17. The molecule has 0 saturated carbocycles. The topological polar surface area (TPSA) is 93.2 Å². The van der Waals surface area contributed by atoms with Crippen LogP contribution < -0.4 is 0 Å². The van der Waals surface area contributed by atoms with E-state index in [1.54, 1.807) is 0 Å². The standard InChI is InChI=1S/C11H10Cl4N2O6/c1-3(18)16-5(7(11(13,14)15)23-9(16)20)6-8(12)17(4(2)19)10(21)22-6/h5-8H,1-2H3. The Morgan fingerprint density at radius 3 is 1.87 bits per heavy atom. The van der Waals surface area contributed by atoms with Crippen molar-refractivity contribution in [3.8, 4) is 0 Å². The summed E-state index contributed by atoms with van der Waals surface area (Å²) >= 11 is 23.4. The summed E-state index contributed by atoms with van der Waals surface area (Å²) in [5.74, 6) is -1.40. The number of cyclic esters (lactones) is 2. The molecular formula is C11H10Cl4N2O6. The highest BCUT2D eigenvalue weighted by Crippen LogP contribution is 2.43. The van der Waals surface area contributed by atoms with E-state index in [0.717, 1.165) is 13.8 Å². The molecule has 12 heteroatoms. The van der Waals surface area contributed by atoms with Gasteiger partial charge in [-0.25, -0.2) is 19.4 Å². The predicted molar refractivity (Wildman–Crippen MR) is 79.3 cm³/mol. The molecular weight excluding hydrogens is 398 g/mol. The van der Waals surface area contributed by atoms with Crippen LogP contribution >= 0.6 is 46.4 Å². The highest BCUT2D eigenvalue weighted by molar-refractivity contribution is 6.68. The minimum absolute atomic E-state index is 0.628. The number of nitrogens with zero attached hydrogens (tertiary/aromatic N) is 2. The molecule has 8 nitrogen and oxygen atoms in total. The van der Waals surface area contributed by atoms with Crippen molar-refractivity contribution in [3.63, 3.8) is 0 Å². The Kier molecular flexibility index (Phi) is 4.92. The molecule has 0 N–H and O–H groups in total. The minimum Gasteiger partial charge on any atom is -0.440 e. The highest BCUT2D eigenvalue weighted by Gasteiger charge is 2.61. The molecule has 0 radical (unpaired) electrons. The van der Waals surface area contributed by atoms with Crippen molar-refractivity contribution in [2.24, 2.45) is 0 Å². The Bertz CT molecular complexity index is 579. The van der Waals surface area contributed by atoms with Gasteiger partial charge in [-0.1, -0.05) is 46.4 Å². The molecule has 0 spiro atoms. The molecule has 4 unspecified atom stereocenters. The van der Waals surface area contributed by atoms with Crippen molar-refractivity contribution in [1.29, 1.82) is 0 Å². The molecule has 2 fully saturated rings. The van der Waals surface area contributed by atoms with E-state index in [-0.39, 0.29) is 0 Å². The van der Waals surface area contributed by atoms with Crippen LogP contribution in [-0.4, -0.2) is 61.3 Å². The van der Waals surface area contributed by atoms with Gasteiger partial charge in [-0.2, -0.15) is 0 Å². The first-order valence-corrected chi connectivity index (χ1v) is 7.75. The van der Waals surface area contributed by atoms with Gasteiger partial charge in [0.25, 0.3) is 0 Å². The number of hydrogen-bond donors (Lipinski definition) is 0. The van der Waals surface area contributed by atoms with Crippen molar-refractivity contribution in [3.05, 3.63) is 0 Å². The Morgan fingerprint density at radius 1 is 1.00 bits per heavy atom. The van der Waals surface area contributed by atoms with Gasteiger partial charge >= 0.3 is 12.2 Å². The van der Waals surface area contributed by atoms with Crippen LogP contribution in [-0.2, 0) is 19.1 Å². The van der Waals surface area contributed by atoms with Crippen molar-refractivity contribution >= 4 is 70.4 Å². The van der Waals surface area contributed by atoms with E-state index in [0.29, 0.717) is 9.80 Å².